The van der Waals surface area contributed by atoms with Gasteiger partial charge in [-0.3, -0.25) is 0 Å². The summed E-state index contributed by atoms with van der Waals surface area (Å²) in [4.78, 5) is 0. The van der Waals surface area contributed by atoms with Crippen molar-refractivity contribution in [2.24, 2.45) is 0 Å². The predicted octanol–water partition coefficient (Wildman–Crippen LogP) is 4.46. The van der Waals surface area contributed by atoms with Crippen molar-refractivity contribution in [2.45, 2.75) is 33.6 Å². The SMILES string of the molecule is C1CCOC1.C[C-](C)C.[CH]1[CH][CH][CH][CH]1.[CH]1[CH][CH][CH][CH]1.[Y]. The molecule has 109 valence electrons. The molecular weight excluding hydrogens is 321 g/mol. The van der Waals surface area contributed by atoms with Gasteiger partial charge < -0.3 is 10.7 Å². The Morgan fingerprint density at radius 1 is 0.600 bits per heavy atom. The topological polar surface area (TPSA) is 9.23 Å². The zero-order chi connectivity index (χ0) is 14.2. The van der Waals surface area contributed by atoms with Crippen LogP contribution in [0.2, 0.25) is 0 Å². The molecule has 1 heterocycles. The zero-order valence-corrected chi connectivity index (χ0v) is 15.9. The zero-order valence-electron chi connectivity index (χ0n) is 13.1. The van der Waals surface area contributed by atoms with E-state index in [9.17, 15) is 0 Å². The Kier molecular flexibility index (Phi) is 23.4. The van der Waals surface area contributed by atoms with Crippen LogP contribution in [-0.2, 0) is 37.4 Å². The molecule has 2 aliphatic carbocycles. The van der Waals surface area contributed by atoms with Crippen molar-refractivity contribution in [3.8, 4) is 0 Å². The van der Waals surface area contributed by atoms with Crippen molar-refractivity contribution in [3.05, 3.63) is 70.1 Å². The van der Waals surface area contributed by atoms with Crippen LogP contribution >= 0.6 is 0 Å². The Labute approximate surface area is 153 Å². The molecule has 1 aliphatic heterocycles. The minimum absolute atomic E-state index is 0. The van der Waals surface area contributed by atoms with E-state index in [1.165, 1.54) is 18.8 Å². The molecule has 11 radical (unpaired) electrons. The Morgan fingerprint density at radius 2 is 0.800 bits per heavy atom. The van der Waals surface area contributed by atoms with Crippen molar-refractivity contribution in [3.63, 3.8) is 0 Å². The monoisotopic (exact) mass is 348 g/mol. The van der Waals surface area contributed by atoms with Gasteiger partial charge in [-0.05, 0) is 77.0 Å². The van der Waals surface area contributed by atoms with Crippen molar-refractivity contribution in [1.29, 1.82) is 0 Å². The summed E-state index contributed by atoms with van der Waals surface area (Å²) in [7, 11) is 0. The van der Waals surface area contributed by atoms with E-state index in [1.807, 2.05) is 64.2 Å². The molecule has 20 heavy (non-hydrogen) atoms. The predicted molar refractivity (Wildman–Crippen MR) is 83.3 cm³/mol. The van der Waals surface area contributed by atoms with Crippen LogP contribution in [0.5, 0.6) is 0 Å². The maximum atomic E-state index is 4.94. The summed E-state index contributed by atoms with van der Waals surface area (Å²) in [5.41, 5.74) is 0. The average molecular weight is 348 g/mol. The molecule has 2 heteroatoms. The molecule has 0 spiro atoms. The van der Waals surface area contributed by atoms with Gasteiger partial charge in [-0.15, -0.1) is 0 Å². The number of hydrogen-bond acceptors (Lipinski definition) is 1. The summed E-state index contributed by atoms with van der Waals surface area (Å²) in [5.74, 6) is 1.42. The second-order valence-electron chi connectivity index (χ2n) is 4.74. The standard InChI is InChI=1S/2C5H5.C4H8O.C4H9.Y/c3*1-2-4-5-3-1;1-4(2)3;/h2*1-5H;1-4H2;1-3H3;/q;;;-1;. The van der Waals surface area contributed by atoms with Gasteiger partial charge in [0.1, 0.15) is 0 Å². The van der Waals surface area contributed by atoms with Gasteiger partial charge in [0.15, 0.2) is 0 Å². The molecular formula is C18H27OY-. The second kappa shape index (κ2) is 20.1. The molecule has 1 saturated heterocycles. The molecule has 0 amide bonds. The molecule has 1 nitrogen and oxygen atoms in total. The van der Waals surface area contributed by atoms with E-state index >= 15 is 0 Å². The van der Waals surface area contributed by atoms with E-state index in [2.05, 4.69) is 20.8 Å². The van der Waals surface area contributed by atoms with E-state index in [4.69, 9.17) is 4.74 Å². The van der Waals surface area contributed by atoms with E-state index < -0.39 is 0 Å². The average Bonchev–Trinajstić information content (AvgIpc) is 3.18. The smallest absolute Gasteiger partial charge is 0.0466 e. The van der Waals surface area contributed by atoms with Gasteiger partial charge in [0, 0.05) is 45.9 Å². The normalized spacial score (nSPS) is 19.8. The Hall–Kier alpha value is 1.06. The number of rotatable bonds is 0. The third-order valence-corrected chi connectivity index (χ3v) is 1.94. The molecule has 0 aromatic heterocycles. The van der Waals surface area contributed by atoms with Crippen LogP contribution in [0, 0.1) is 70.1 Å². The second-order valence-corrected chi connectivity index (χ2v) is 4.74. The van der Waals surface area contributed by atoms with Crippen LogP contribution in [0.1, 0.15) is 33.6 Å². The van der Waals surface area contributed by atoms with Crippen molar-refractivity contribution in [2.75, 3.05) is 13.2 Å². The maximum absolute atomic E-state index is 4.94. The fraction of sp³-hybridized carbons (Fsp3) is 0.389. The summed E-state index contributed by atoms with van der Waals surface area (Å²) in [6.45, 7) is 8.25. The quantitative estimate of drug-likeness (QED) is 0.588. The van der Waals surface area contributed by atoms with Crippen LogP contribution in [0.15, 0.2) is 0 Å². The number of ether oxygens (including phenoxy) is 1. The molecule has 0 bridgehead atoms. The van der Waals surface area contributed by atoms with E-state index in [0.717, 1.165) is 13.2 Å². The van der Waals surface area contributed by atoms with Gasteiger partial charge in [-0.2, -0.15) is 20.8 Å². The first-order valence-electron chi connectivity index (χ1n) is 6.91. The molecule has 3 fully saturated rings. The number of hydrogen-bond donors (Lipinski definition) is 0. The molecule has 0 aromatic rings. The Morgan fingerprint density at radius 3 is 0.900 bits per heavy atom. The molecule has 3 rings (SSSR count). The summed E-state index contributed by atoms with van der Waals surface area (Å²) < 4.78 is 4.94. The summed E-state index contributed by atoms with van der Waals surface area (Å²) >= 11 is 0. The van der Waals surface area contributed by atoms with Crippen LogP contribution in [0.25, 0.3) is 0 Å². The van der Waals surface area contributed by atoms with E-state index in [1.54, 1.807) is 0 Å². The van der Waals surface area contributed by atoms with Gasteiger partial charge in [-0.1, -0.05) is 0 Å². The molecule has 0 atom stereocenters. The van der Waals surface area contributed by atoms with E-state index in [0.29, 0.717) is 0 Å². The van der Waals surface area contributed by atoms with Crippen LogP contribution in [0.4, 0.5) is 0 Å². The third-order valence-electron chi connectivity index (χ3n) is 1.94. The van der Waals surface area contributed by atoms with Gasteiger partial charge in [0.2, 0.25) is 0 Å². The molecule has 0 unspecified atom stereocenters. The Balaban J connectivity index is 0. The van der Waals surface area contributed by atoms with Gasteiger partial charge >= 0.3 is 0 Å². The van der Waals surface area contributed by atoms with Crippen LogP contribution in [-0.4, -0.2) is 13.2 Å². The molecule has 0 aromatic carbocycles. The molecule has 3 aliphatic rings. The molecule has 0 N–H and O–H groups in total. The fourth-order valence-corrected chi connectivity index (χ4v) is 1.15. The first-order chi connectivity index (χ1) is 9.23. The third kappa shape index (κ3) is 24.1. The van der Waals surface area contributed by atoms with Crippen LogP contribution in [0.3, 0.4) is 0 Å². The first-order valence-corrected chi connectivity index (χ1v) is 6.91. The van der Waals surface area contributed by atoms with E-state index in [-0.39, 0.29) is 32.7 Å². The van der Waals surface area contributed by atoms with Crippen molar-refractivity contribution >= 4 is 0 Å². The fourth-order valence-electron chi connectivity index (χ4n) is 1.15. The van der Waals surface area contributed by atoms with Gasteiger partial charge in [0.05, 0.1) is 0 Å². The van der Waals surface area contributed by atoms with Gasteiger partial charge in [-0.25, -0.2) is 0 Å². The van der Waals surface area contributed by atoms with Crippen molar-refractivity contribution < 1.29 is 37.4 Å². The van der Waals surface area contributed by atoms with Crippen LogP contribution < -0.4 is 0 Å². The summed E-state index contributed by atoms with van der Waals surface area (Å²) in [6, 6.07) is 0. The van der Waals surface area contributed by atoms with Gasteiger partial charge in [0.25, 0.3) is 0 Å². The largest absolute Gasteiger partial charge is 0.381 e. The van der Waals surface area contributed by atoms with Crippen molar-refractivity contribution in [1.82, 2.24) is 0 Å². The summed E-state index contributed by atoms with van der Waals surface area (Å²) in [6.07, 6.45) is 22.6. The first kappa shape index (κ1) is 23.3. The minimum atomic E-state index is 0. The summed E-state index contributed by atoms with van der Waals surface area (Å²) in [5, 5.41) is 0. The minimum Gasteiger partial charge on any atom is -0.381 e. The molecule has 2 saturated carbocycles. The Bertz CT molecular complexity index is 98.1. The maximum Gasteiger partial charge on any atom is 0.0466 e.